The van der Waals surface area contributed by atoms with E-state index in [9.17, 15) is 14.4 Å². The molecule has 2 aromatic rings. The molecule has 1 fully saturated rings. The van der Waals surface area contributed by atoms with Crippen molar-refractivity contribution in [1.29, 1.82) is 0 Å². The molecule has 0 spiro atoms. The molecule has 1 aliphatic heterocycles. The number of nitrogens with one attached hydrogen (secondary N) is 1. The molecule has 0 radical (unpaired) electrons. The number of methoxy groups -OCH3 is 2. The summed E-state index contributed by atoms with van der Waals surface area (Å²) in [4.78, 5) is 49.1. The lowest BCUT2D eigenvalue weighted by Gasteiger charge is -2.41. The van der Waals surface area contributed by atoms with Crippen molar-refractivity contribution in [2.24, 2.45) is 11.8 Å². The van der Waals surface area contributed by atoms with Gasteiger partial charge in [-0.05, 0) is 62.6 Å². The summed E-state index contributed by atoms with van der Waals surface area (Å²) in [5, 5.41) is 5.19. The molecule has 232 valence electrons. The number of ether oxygens (including phenoxy) is 3. The van der Waals surface area contributed by atoms with Crippen molar-refractivity contribution in [3.05, 3.63) is 52.0 Å². The van der Waals surface area contributed by atoms with Gasteiger partial charge in [0.25, 0.3) is 5.91 Å². The van der Waals surface area contributed by atoms with Gasteiger partial charge in [-0.25, -0.2) is 9.78 Å². The zero-order valence-corrected chi connectivity index (χ0v) is 27.7. The van der Waals surface area contributed by atoms with Gasteiger partial charge in [0.2, 0.25) is 11.8 Å². The second-order valence-corrected chi connectivity index (χ2v) is 14.5. The molecule has 1 saturated heterocycles. The van der Waals surface area contributed by atoms with Gasteiger partial charge in [-0.15, -0.1) is 11.3 Å². The van der Waals surface area contributed by atoms with Gasteiger partial charge in [0.15, 0.2) is 0 Å². The quantitative estimate of drug-likeness (QED) is 0.284. The van der Waals surface area contributed by atoms with Gasteiger partial charge >= 0.3 is 5.97 Å². The first-order valence-electron chi connectivity index (χ1n) is 14.4. The number of likely N-dealkylation sites (tertiary alicyclic amines) is 1. The van der Waals surface area contributed by atoms with Crippen LogP contribution in [0.4, 0.5) is 0 Å². The molecule has 1 aromatic heterocycles. The maximum absolute atomic E-state index is 14.7. The van der Waals surface area contributed by atoms with E-state index in [1.54, 1.807) is 56.3 Å². The molecular formula is C32H47N3O6S. The molecule has 1 aliphatic rings. The lowest BCUT2D eigenvalue weighted by molar-refractivity contribution is -0.216. The van der Waals surface area contributed by atoms with Gasteiger partial charge in [-0.1, -0.05) is 46.8 Å². The Morgan fingerprint density at radius 1 is 1.05 bits per heavy atom. The Bertz CT molecular complexity index is 1240. The minimum absolute atomic E-state index is 0.00180. The number of hydrogen-bond acceptors (Lipinski definition) is 8. The predicted octanol–water partition coefficient (Wildman–Crippen LogP) is 5.85. The first-order chi connectivity index (χ1) is 19.4. The van der Waals surface area contributed by atoms with Crippen LogP contribution in [0, 0.1) is 11.8 Å². The molecule has 0 aliphatic carbocycles. The Labute approximate surface area is 254 Å². The minimum atomic E-state index is -1.43. The van der Waals surface area contributed by atoms with Crippen molar-refractivity contribution in [1.82, 2.24) is 15.2 Å². The van der Waals surface area contributed by atoms with Crippen molar-refractivity contribution >= 4 is 29.1 Å². The smallest absolute Gasteiger partial charge is 0.332 e. The summed E-state index contributed by atoms with van der Waals surface area (Å²) in [6, 6.07) is 6.62. The highest BCUT2D eigenvalue weighted by Crippen LogP contribution is 2.52. The lowest BCUT2D eigenvalue weighted by atomic mass is 9.83. The molecule has 3 atom stereocenters. The molecule has 0 unspecified atom stereocenters. The second kappa shape index (κ2) is 12.4. The normalized spacial score (nSPS) is 21.5. The number of carbonyl (C=O) groups excluding carboxylic acids is 3. The monoisotopic (exact) mass is 601 g/mol. The van der Waals surface area contributed by atoms with Crippen LogP contribution in [-0.2, 0) is 29.2 Å². The fourth-order valence-electron chi connectivity index (χ4n) is 5.49. The topological polar surface area (TPSA) is 107 Å². The molecule has 0 bridgehead atoms. The van der Waals surface area contributed by atoms with Gasteiger partial charge in [0, 0.05) is 38.3 Å². The standard InChI is InChI=1S/C32H47N3O6S/c1-20(2)18-32(28(38)41-30(6,7)8)19-23(25(36)34-31(9,39-10)40-11)24(26-33-16-17-42-26)35(32)27(37)21-12-14-22(15-13-21)29(3,4)5/h12-17,20,23-24H,18-19H2,1-11H3,(H,34,36)/t23-,24-,32+/m1/s1. The van der Waals surface area contributed by atoms with E-state index in [1.807, 2.05) is 26.0 Å². The Morgan fingerprint density at radius 3 is 2.10 bits per heavy atom. The average Bonchev–Trinajstić information content (AvgIpc) is 3.53. The van der Waals surface area contributed by atoms with E-state index in [0.717, 1.165) is 5.56 Å². The number of nitrogens with zero attached hydrogens (tertiary/aromatic N) is 2. The molecule has 3 rings (SSSR count). The number of thiazole rings is 1. The van der Waals surface area contributed by atoms with Gasteiger partial charge in [-0.2, -0.15) is 0 Å². The van der Waals surface area contributed by atoms with Crippen LogP contribution < -0.4 is 5.32 Å². The van der Waals surface area contributed by atoms with E-state index in [4.69, 9.17) is 14.2 Å². The first kappa shape index (κ1) is 33.7. The molecule has 2 amide bonds. The average molecular weight is 602 g/mol. The summed E-state index contributed by atoms with van der Waals surface area (Å²) >= 11 is 1.34. The highest BCUT2D eigenvalue weighted by molar-refractivity contribution is 7.09. The number of benzene rings is 1. The van der Waals surface area contributed by atoms with Gasteiger partial charge in [0.1, 0.15) is 16.1 Å². The number of rotatable bonds is 9. The van der Waals surface area contributed by atoms with Gasteiger partial charge in [-0.3, -0.25) is 9.59 Å². The maximum atomic E-state index is 14.7. The molecule has 2 heterocycles. The molecule has 1 N–H and O–H groups in total. The van der Waals surface area contributed by atoms with Gasteiger partial charge < -0.3 is 24.4 Å². The number of carbonyl (C=O) groups is 3. The van der Waals surface area contributed by atoms with E-state index in [0.29, 0.717) is 17.0 Å². The van der Waals surface area contributed by atoms with Crippen molar-refractivity contribution in [3.8, 4) is 0 Å². The Balaban J connectivity index is 2.27. The predicted molar refractivity (Wildman–Crippen MR) is 163 cm³/mol. The highest BCUT2D eigenvalue weighted by Gasteiger charge is 2.62. The number of esters is 1. The van der Waals surface area contributed by atoms with Crippen LogP contribution >= 0.6 is 11.3 Å². The Kier molecular flexibility index (Phi) is 9.96. The van der Waals surface area contributed by atoms with Gasteiger partial charge in [0.05, 0.1) is 12.0 Å². The summed E-state index contributed by atoms with van der Waals surface area (Å²) in [6.45, 7) is 17.3. The van der Waals surface area contributed by atoms with Crippen LogP contribution in [0.15, 0.2) is 35.8 Å². The molecule has 42 heavy (non-hydrogen) atoms. The van der Waals surface area contributed by atoms with Crippen molar-refractivity contribution in [2.45, 2.75) is 104 Å². The van der Waals surface area contributed by atoms with E-state index in [1.165, 1.54) is 25.6 Å². The number of amides is 2. The summed E-state index contributed by atoms with van der Waals surface area (Å²) in [5.41, 5.74) is -0.856. The van der Waals surface area contributed by atoms with Crippen molar-refractivity contribution in [3.63, 3.8) is 0 Å². The van der Waals surface area contributed by atoms with Crippen LogP contribution in [0.3, 0.4) is 0 Å². The van der Waals surface area contributed by atoms with E-state index in [2.05, 4.69) is 31.1 Å². The Morgan fingerprint density at radius 2 is 1.64 bits per heavy atom. The SMILES string of the molecule is COC(C)(NC(=O)[C@@H]1C[C@@](CC(C)C)(C(=O)OC(C)(C)C)N(C(=O)c2ccc(C(C)(C)C)cc2)[C@H]1c1nccs1)OC. The largest absolute Gasteiger partial charge is 0.458 e. The van der Waals surface area contributed by atoms with Crippen molar-refractivity contribution < 1.29 is 28.6 Å². The Hall–Kier alpha value is -2.82. The summed E-state index contributed by atoms with van der Waals surface area (Å²) < 4.78 is 16.8. The third-order valence-corrected chi connectivity index (χ3v) is 8.44. The summed E-state index contributed by atoms with van der Waals surface area (Å²) in [6.07, 6.45) is 1.98. The maximum Gasteiger partial charge on any atom is 0.332 e. The first-order valence-corrected chi connectivity index (χ1v) is 15.2. The second-order valence-electron chi connectivity index (χ2n) is 13.6. The fourth-order valence-corrected chi connectivity index (χ4v) is 6.28. The molecule has 10 heteroatoms. The fraction of sp³-hybridized carbons (Fsp3) is 0.625. The van der Waals surface area contributed by atoms with Crippen molar-refractivity contribution in [2.75, 3.05) is 14.2 Å². The van der Waals surface area contributed by atoms with Crippen LogP contribution in [0.25, 0.3) is 0 Å². The minimum Gasteiger partial charge on any atom is -0.458 e. The van der Waals surface area contributed by atoms with Crippen LogP contribution in [0.1, 0.15) is 102 Å². The van der Waals surface area contributed by atoms with Crippen LogP contribution in [0.2, 0.25) is 0 Å². The van der Waals surface area contributed by atoms with E-state index < -0.39 is 40.9 Å². The number of hydrogen-bond donors (Lipinski definition) is 1. The number of aromatic nitrogens is 1. The zero-order valence-electron chi connectivity index (χ0n) is 26.9. The third-order valence-electron chi connectivity index (χ3n) is 7.59. The lowest BCUT2D eigenvalue weighted by Crippen LogP contribution is -2.56. The summed E-state index contributed by atoms with van der Waals surface area (Å²) in [5.74, 6) is -3.57. The van der Waals surface area contributed by atoms with E-state index in [-0.39, 0.29) is 23.7 Å². The van der Waals surface area contributed by atoms with Crippen LogP contribution in [0.5, 0.6) is 0 Å². The molecule has 1 aromatic carbocycles. The zero-order chi connectivity index (χ0) is 31.7. The van der Waals surface area contributed by atoms with Crippen LogP contribution in [-0.4, -0.2) is 58.9 Å². The molecular weight excluding hydrogens is 554 g/mol. The van der Waals surface area contributed by atoms with E-state index >= 15 is 0 Å². The molecule has 0 saturated carbocycles. The third kappa shape index (κ3) is 7.21. The molecule has 9 nitrogen and oxygen atoms in total. The summed E-state index contributed by atoms with van der Waals surface area (Å²) in [7, 11) is 2.86. The highest BCUT2D eigenvalue weighted by atomic mass is 32.1.